The minimum Gasteiger partial charge on any atom is -0.493 e. The lowest BCUT2D eigenvalue weighted by Gasteiger charge is -2.39. The second kappa shape index (κ2) is 10.5. The van der Waals surface area contributed by atoms with Crippen LogP contribution in [0.25, 0.3) is 10.9 Å². The van der Waals surface area contributed by atoms with Gasteiger partial charge in [-0.15, -0.1) is 0 Å². The topological polar surface area (TPSA) is 108 Å². The summed E-state index contributed by atoms with van der Waals surface area (Å²) >= 11 is 0. The number of carbonyl (C=O) groups is 2. The number of amides is 2. The predicted molar refractivity (Wildman–Crippen MR) is 135 cm³/mol. The van der Waals surface area contributed by atoms with E-state index in [4.69, 9.17) is 14.2 Å². The van der Waals surface area contributed by atoms with Crippen molar-refractivity contribution < 1.29 is 23.8 Å². The molecule has 2 aliphatic heterocycles. The smallest absolute Gasteiger partial charge is 0.409 e. The summed E-state index contributed by atoms with van der Waals surface area (Å²) in [5.74, 6) is 0.985. The maximum atomic E-state index is 13.8. The molecule has 192 valence electrons. The number of aromatic nitrogens is 1. The van der Waals surface area contributed by atoms with E-state index >= 15 is 0 Å². The number of piperazine rings is 1. The minimum atomic E-state index is -0.381. The van der Waals surface area contributed by atoms with Gasteiger partial charge < -0.3 is 28.9 Å². The van der Waals surface area contributed by atoms with E-state index < -0.39 is 0 Å². The van der Waals surface area contributed by atoms with Gasteiger partial charge in [0.2, 0.25) is 0 Å². The molecule has 1 aromatic heterocycles. The Kier molecular flexibility index (Phi) is 7.38. The van der Waals surface area contributed by atoms with Crippen molar-refractivity contribution in [2.24, 2.45) is 5.41 Å². The van der Waals surface area contributed by atoms with E-state index in [0.29, 0.717) is 81.3 Å². The number of anilines is 1. The van der Waals surface area contributed by atoms with Crippen LogP contribution in [0.1, 0.15) is 37.0 Å². The van der Waals surface area contributed by atoms with Gasteiger partial charge in [-0.1, -0.05) is 0 Å². The summed E-state index contributed by atoms with van der Waals surface area (Å²) in [4.78, 5) is 36.0. The fourth-order valence-electron chi connectivity index (χ4n) is 4.82. The van der Waals surface area contributed by atoms with Crippen molar-refractivity contribution in [1.29, 1.82) is 5.26 Å². The molecule has 36 heavy (non-hydrogen) atoms. The molecule has 0 N–H and O–H groups in total. The van der Waals surface area contributed by atoms with Crippen LogP contribution in [0, 0.1) is 16.7 Å². The van der Waals surface area contributed by atoms with Crippen LogP contribution in [0.15, 0.2) is 18.3 Å². The minimum absolute atomic E-state index is 0.133. The molecule has 0 spiro atoms. The van der Waals surface area contributed by atoms with Crippen LogP contribution < -0.4 is 14.4 Å². The molecule has 0 bridgehead atoms. The molecule has 4 rings (SSSR count). The first-order valence-electron chi connectivity index (χ1n) is 12.3. The Hall–Kier alpha value is -3.74. The van der Waals surface area contributed by atoms with Crippen LogP contribution in [0.2, 0.25) is 0 Å². The maximum absolute atomic E-state index is 13.8. The van der Waals surface area contributed by atoms with Gasteiger partial charge in [0, 0.05) is 56.9 Å². The lowest BCUT2D eigenvalue weighted by molar-refractivity contribution is 0.0570. The van der Waals surface area contributed by atoms with Crippen LogP contribution >= 0.6 is 0 Å². The molecule has 2 amide bonds. The number of hydrogen-bond acceptors (Lipinski definition) is 8. The number of nitrogens with zero attached hydrogens (tertiary/aromatic N) is 5. The Bertz CT molecular complexity index is 1180. The van der Waals surface area contributed by atoms with Crippen molar-refractivity contribution >= 4 is 28.6 Å². The summed E-state index contributed by atoms with van der Waals surface area (Å²) in [6.07, 6.45) is 2.67. The standard InChI is InChI=1S/C26H33N5O5/c1-5-36-25(33)31-12-10-30(11-13-31)24(32)19-16-28-20-15-22(35-4)21(34-3)14-18(20)23(19)29-8-6-26(2,17-27)7-9-29/h14-16H,5-13H2,1-4H3. The summed E-state index contributed by atoms with van der Waals surface area (Å²) in [7, 11) is 3.15. The zero-order chi connectivity index (χ0) is 25.9. The highest BCUT2D eigenvalue weighted by Gasteiger charge is 2.34. The van der Waals surface area contributed by atoms with Gasteiger partial charge in [0.15, 0.2) is 11.5 Å². The van der Waals surface area contributed by atoms with Crippen LogP contribution in [-0.4, -0.2) is 86.9 Å². The number of piperidine rings is 1. The van der Waals surface area contributed by atoms with E-state index in [1.807, 2.05) is 19.1 Å². The molecule has 2 fully saturated rings. The van der Waals surface area contributed by atoms with Crippen LogP contribution in [0.5, 0.6) is 11.5 Å². The first-order valence-corrected chi connectivity index (χ1v) is 12.3. The zero-order valence-corrected chi connectivity index (χ0v) is 21.4. The Labute approximate surface area is 211 Å². The molecule has 2 aliphatic rings. The third-order valence-electron chi connectivity index (χ3n) is 7.12. The highest BCUT2D eigenvalue weighted by atomic mass is 16.6. The van der Waals surface area contributed by atoms with Crippen LogP contribution in [-0.2, 0) is 4.74 Å². The number of nitriles is 1. The molecule has 0 unspecified atom stereocenters. The highest BCUT2D eigenvalue weighted by Crippen LogP contribution is 2.40. The lowest BCUT2D eigenvalue weighted by atomic mass is 9.81. The fraction of sp³-hybridized carbons (Fsp3) is 0.538. The van der Waals surface area contributed by atoms with Gasteiger partial charge in [0.05, 0.1) is 49.1 Å². The normalized spacial score (nSPS) is 17.5. The second-order valence-corrected chi connectivity index (χ2v) is 9.38. The summed E-state index contributed by atoms with van der Waals surface area (Å²) in [5, 5.41) is 10.4. The van der Waals surface area contributed by atoms with Crippen molar-refractivity contribution in [1.82, 2.24) is 14.8 Å². The predicted octanol–water partition coefficient (Wildman–Crippen LogP) is 3.30. The van der Waals surface area contributed by atoms with Gasteiger partial charge in [0.1, 0.15) is 0 Å². The number of methoxy groups -OCH3 is 2. The second-order valence-electron chi connectivity index (χ2n) is 9.38. The highest BCUT2D eigenvalue weighted by molar-refractivity contribution is 6.08. The lowest BCUT2D eigenvalue weighted by Crippen LogP contribution is -2.51. The molecule has 3 heterocycles. The van der Waals surface area contributed by atoms with E-state index in [9.17, 15) is 14.9 Å². The molecule has 0 saturated carbocycles. The van der Waals surface area contributed by atoms with Gasteiger partial charge in [-0.05, 0) is 32.8 Å². The van der Waals surface area contributed by atoms with Crippen LogP contribution in [0.3, 0.4) is 0 Å². The molecule has 0 atom stereocenters. The van der Waals surface area contributed by atoms with Gasteiger partial charge in [0.25, 0.3) is 5.91 Å². The molecule has 0 radical (unpaired) electrons. The Morgan fingerprint density at radius 3 is 2.22 bits per heavy atom. The SMILES string of the molecule is CCOC(=O)N1CCN(C(=O)c2cnc3cc(OC)c(OC)cc3c2N2CCC(C)(C#N)CC2)CC1. The van der Waals surface area contributed by atoms with Crippen molar-refractivity contribution in [3.05, 3.63) is 23.9 Å². The van der Waals surface area contributed by atoms with Crippen molar-refractivity contribution in [2.45, 2.75) is 26.7 Å². The quantitative estimate of drug-likeness (QED) is 0.622. The van der Waals surface area contributed by atoms with Gasteiger partial charge >= 0.3 is 6.09 Å². The number of rotatable bonds is 5. The van der Waals surface area contributed by atoms with E-state index in [0.717, 1.165) is 11.1 Å². The number of fused-ring (bicyclic) bond motifs is 1. The summed E-state index contributed by atoms with van der Waals surface area (Å²) < 4.78 is 16.1. The number of pyridine rings is 1. The third-order valence-corrected chi connectivity index (χ3v) is 7.12. The average Bonchev–Trinajstić information content (AvgIpc) is 2.92. The first-order chi connectivity index (χ1) is 17.3. The number of carbonyl (C=O) groups excluding carboxylic acids is 2. The first kappa shape index (κ1) is 25.4. The van der Waals surface area contributed by atoms with Crippen LogP contribution in [0.4, 0.5) is 10.5 Å². The van der Waals surface area contributed by atoms with Crippen molar-refractivity contribution in [3.63, 3.8) is 0 Å². The molecule has 1 aromatic carbocycles. The summed E-state index contributed by atoms with van der Waals surface area (Å²) in [6.45, 7) is 7.02. The maximum Gasteiger partial charge on any atom is 0.409 e. The number of benzene rings is 1. The molecule has 2 saturated heterocycles. The van der Waals surface area contributed by atoms with E-state index in [2.05, 4.69) is 16.0 Å². The summed E-state index contributed by atoms with van der Waals surface area (Å²) in [5.41, 5.74) is 1.60. The Morgan fingerprint density at radius 2 is 1.64 bits per heavy atom. The fourth-order valence-corrected chi connectivity index (χ4v) is 4.82. The van der Waals surface area contributed by atoms with Crippen molar-refractivity contribution in [3.8, 4) is 17.6 Å². The van der Waals surface area contributed by atoms with E-state index in [-0.39, 0.29) is 17.4 Å². The van der Waals surface area contributed by atoms with Gasteiger partial charge in [-0.2, -0.15) is 5.26 Å². The van der Waals surface area contributed by atoms with E-state index in [1.54, 1.807) is 37.1 Å². The average molecular weight is 496 g/mol. The molecule has 0 aliphatic carbocycles. The monoisotopic (exact) mass is 495 g/mol. The Morgan fingerprint density at radius 1 is 1.03 bits per heavy atom. The zero-order valence-electron chi connectivity index (χ0n) is 21.4. The third kappa shape index (κ3) is 4.83. The number of hydrogen-bond donors (Lipinski definition) is 0. The largest absolute Gasteiger partial charge is 0.493 e. The van der Waals surface area contributed by atoms with Gasteiger partial charge in [-0.3, -0.25) is 9.78 Å². The molecule has 2 aromatic rings. The molecule has 10 nitrogen and oxygen atoms in total. The molecule has 10 heteroatoms. The van der Waals surface area contributed by atoms with E-state index in [1.165, 1.54) is 0 Å². The van der Waals surface area contributed by atoms with Crippen molar-refractivity contribution in [2.75, 3.05) is 65.0 Å². The van der Waals surface area contributed by atoms with Gasteiger partial charge in [-0.25, -0.2) is 4.79 Å². The Balaban J connectivity index is 1.71. The molecular weight excluding hydrogens is 462 g/mol. The molecular formula is C26H33N5O5. The summed E-state index contributed by atoms with van der Waals surface area (Å²) in [6, 6.07) is 6.12. The number of ether oxygens (including phenoxy) is 3.